The Hall–Kier alpha value is -1.75. The molecule has 5 heteroatoms. The number of amides is 1. The zero-order valence-electron chi connectivity index (χ0n) is 12.0. The van der Waals surface area contributed by atoms with Crippen LogP contribution in [0, 0.1) is 0 Å². The van der Waals surface area contributed by atoms with Gasteiger partial charge in [-0.2, -0.15) is 0 Å². The van der Waals surface area contributed by atoms with Crippen molar-refractivity contribution >= 4 is 11.6 Å². The minimum Gasteiger partial charge on any atom is -0.491 e. The van der Waals surface area contributed by atoms with Gasteiger partial charge in [0, 0.05) is 6.61 Å². The largest absolute Gasteiger partial charge is 0.491 e. The monoisotopic (exact) mass is 278 g/mol. The van der Waals surface area contributed by atoms with Gasteiger partial charge >= 0.3 is 0 Å². The number of nitrogens with two attached hydrogens (primary N) is 1. The topological polar surface area (TPSA) is 73.6 Å². The standard InChI is InChI=1S/C15H22N2O3/c1-11-15(2,8-10-19-11)17-14(18)7-9-20-13-6-4-3-5-12(13)16/h3-6,11H,7-10,16H2,1-2H3,(H,17,18). The first kappa shape index (κ1) is 14.7. The first-order chi connectivity index (χ1) is 9.51. The Bertz CT molecular complexity index is 478. The van der Waals surface area contributed by atoms with Gasteiger partial charge in [0.2, 0.25) is 5.91 Å². The number of hydrogen-bond acceptors (Lipinski definition) is 4. The van der Waals surface area contributed by atoms with Crippen molar-refractivity contribution in [3.63, 3.8) is 0 Å². The smallest absolute Gasteiger partial charge is 0.223 e. The molecule has 20 heavy (non-hydrogen) atoms. The number of carbonyl (C=O) groups excluding carboxylic acids is 1. The average Bonchev–Trinajstić information content (AvgIpc) is 2.71. The van der Waals surface area contributed by atoms with Crippen LogP contribution in [0.3, 0.4) is 0 Å². The van der Waals surface area contributed by atoms with Crippen molar-refractivity contribution in [3.05, 3.63) is 24.3 Å². The Morgan fingerprint density at radius 1 is 1.55 bits per heavy atom. The van der Waals surface area contributed by atoms with Gasteiger partial charge in [-0.05, 0) is 32.4 Å². The summed E-state index contributed by atoms with van der Waals surface area (Å²) in [7, 11) is 0. The Morgan fingerprint density at radius 2 is 2.30 bits per heavy atom. The predicted octanol–water partition coefficient (Wildman–Crippen LogP) is 1.72. The highest BCUT2D eigenvalue weighted by molar-refractivity contribution is 5.77. The summed E-state index contributed by atoms with van der Waals surface area (Å²) in [6.45, 7) is 4.99. The molecule has 1 saturated heterocycles. The van der Waals surface area contributed by atoms with E-state index in [9.17, 15) is 4.79 Å². The Labute approximate surface area is 119 Å². The fourth-order valence-corrected chi connectivity index (χ4v) is 2.25. The number of rotatable bonds is 5. The van der Waals surface area contributed by atoms with Crippen LogP contribution >= 0.6 is 0 Å². The summed E-state index contributed by atoms with van der Waals surface area (Å²) in [5.41, 5.74) is 6.07. The third-order valence-electron chi connectivity index (χ3n) is 3.82. The van der Waals surface area contributed by atoms with Crippen LogP contribution < -0.4 is 15.8 Å². The van der Waals surface area contributed by atoms with E-state index in [0.717, 1.165) is 6.42 Å². The highest BCUT2D eigenvalue weighted by Crippen LogP contribution is 2.25. The van der Waals surface area contributed by atoms with E-state index in [2.05, 4.69) is 5.32 Å². The van der Waals surface area contributed by atoms with E-state index in [1.54, 1.807) is 12.1 Å². The lowest BCUT2D eigenvalue weighted by molar-refractivity contribution is -0.124. The second-order valence-corrected chi connectivity index (χ2v) is 5.36. The van der Waals surface area contributed by atoms with Crippen LogP contribution in [0.1, 0.15) is 26.7 Å². The molecule has 1 aliphatic heterocycles. The van der Waals surface area contributed by atoms with Gasteiger partial charge in [0.1, 0.15) is 5.75 Å². The molecule has 2 unspecified atom stereocenters. The van der Waals surface area contributed by atoms with Crippen LogP contribution in [0.25, 0.3) is 0 Å². The van der Waals surface area contributed by atoms with Crippen molar-refractivity contribution in [3.8, 4) is 5.75 Å². The molecule has 2 rings (SSSR count). The lowest BCUT2D eigenvalue weighted by atomic mass is 9.94. The summed E-state index contributed by atoms with van der Waals surface area (Å²) in [6.07, 6.45) is 1.18. The van der Waals surface area contributed by atoms with Gasteiger partial charge in [0.05, 0.1) is 30.4 Å². The molecule has 0 radical (unpaired) electrons. The van der Waals surface area contributed by atoms with E-state index >= 15 is 0 Å². The van der Waals surface area contributed by atoms with Crippen molar-refractivity contribution in [1.82, 2.24) is 5.32 Å². The first-order valence-electron chi connectivity index (χ1n) is 6.91. The molecule has 3 N–H and O–H groups in total. The van der Waals surface area contributed by atoms with Crippen LogP contribution in [0.2, 0.25) is 0 Å². The molecular weight excluding hydrogens is 256 g/mol. The number of nitrogens with one attached hydrogen (secondary N) is 1. The van der Waals surface area contributed by atoms with E-state index < -0.39 is 0 Å². The van der Waals surface area contributed by atoms with Crippen LogP contribution in [-0.2, 0) is 9.53 Å². The van der Waals surface area contributed by atoms with Gasteiger partial charge in [0.25, 0.3) is 0 Å². The summed E-state index contributed by atoms with van der Waals surface area (Å²) in [5.74, 6) is 0.587. The number of benzene rings is 1. The number of para-hydroxylation sites is 2. The third kappa shape index (κ3) is 3.42. The summed E-state index contributed by atoms with van der Waals surface area (Å²) in [5, 5.41) is 3.03. The molecule has 1 aromatic rings. The molecule has 2 atom stereocenters. The second-order valence-electron chi connectivity index (χ2n) is 5.36. The van der Waals surface area contributed by atoms with E-state index in [1.807, 2.05) is 26.0 Å². The summed E-state index contributed by atoms with van der Waals surface area (Å²) >= 11 is 0. The number of hydrogen-bond donors (Lipinski definition) is 2. The van der Waals surface area contributed by atoms with Gasteiger partial charge in [-0.1, -0.05) is 12.1 Å². The Kier molecular flexibility index (Phi) is 4.49. The minimum atomic E-state index is -0.275. The van der Waals surface area contributed by atoms with E-state index in [0.29, 0.717) is 31.1 Å². The molecular formula is C15H22N2O3. The fraction of sp³-hybridized carbons (Fsp3) is 0.533. The summed E-state index contributed by atoms with van der Waals surface area (Å²) in [6, 6.07) is 7.26. The van der Waals surface area contributed by atoms with Crippen molar-refractivity contribution < 1.29 is 14.3 Å². The summed E-state index contributed by atoms with van der Waals surface area (Å²) < 4.78 is 11.0. The summed E-state index contributed by atoms with van der Waals surface area (Å²) in [4.78, 5) is 11.9. The Balaban J connectivity index is 1.77. The van der Waals surface area contributed by atoms with E-state index in [1.165, 1.54) is 0 Å². The molecule has 0 aliphatic carbocycles. The molecule has 5 nitrogen and oxygen atoms in total. The number of anilines is 1. The highest BCUT2D eigenvalue weighted by Gasteiger charge is 2.38. The lowest BCUT2D eigenvalue weighted by Gasteiger charge is -2.28. The third-order valence-corrected chi connectivity index (χ3v) is 3.82. The number of ether oxygens (including phenoxy) is 2. The zero-order chi connectivity index (χ0) is 14.6. The normalized spacial score (nSPS) is 25.4. The first-order valence-corrected chi connectivity index (χ1v) is 6.91. The SMILES string of the molecule is CC1OCCC1(C)NC(=O)CCOc1ccccc1N. The van der Waals surface area contributed by atoms with Crippen LogP contribution in [-0.4, -0.2) is 30.8 Å². The number of nitrogen functional groups attached to an aromatic ring is 1. The maximum Gasteiger partial charge on any atom is 0.223 e. The van der Waals surface area contributed by atoms with Gasteiger partial charge in [-0.25, -0.2) is 0 Å². The molecule has 0 bridgehead atoms. The molecule has 1 fully saturated rings. The van der Waals surface area contributed by atoms with Gasteiger partial charge in [0.15, 0.2) is 0 Å². The van der Waals surface area contributed by atoms with E-state index in [-0.39, 0.29) is 17.6 Å². The van der Waals surface area contributed by atoms with Crippen molar-refractivity contribution in [2.75, 3.05) is 18.9 Å². The second kappa shape index (κ2) is 6.13. The molecule has 0 aromatic heterocycles. The highest BCUT2D eigenvalue weighted by atomic mass is 16.5. The lowest BCUT2D eigenvalue weighted by Crippen LogP contribution is -2.50. The van der Waals surface area contributed by atoms with Crippen molar-refractivity contribution in [2.24, 2.45) is 0 Å². The Morgan fingerprint density at radius 3 is 2.95 bits per heavy atom. The molecule has 1 heterocycles. The van der Waals surface area contributed by atoms with Gasteiger partial charge in [-0.3, -0.25) is 4.79 Å². The van der Waals surface area contributed by atoms with Gasteiger partial charge < -0.3 is 20.5 Å². The van der Waals surface area contributed by atoms with Crippen molar-refractivity contribution in [2.45, 2.75) is 38.3 Å². The van der Waals surface area contributed by atoms with Crippen LogP contribution in [0.4, 0.5) is 5.69 Å². The fourth-order valence-electron chi connectivity index (χ4n) is 2.25. The minimum absolute atomic E-state index is 0.0284. The van der Waals surface area contributed by atoms with Crippen LogP contribution in [0.15, 0.2) is 24.3 Å². The molecule has 110 valence electrons. The van der Waals surface area contributed by atoms with Crippen LogP contribution in [0.5, 0.6) is 5.75 Å². The van der Waals surface area contributed by atoms with E-state index in [4.69, 9.17) is 15.2 Å². The zero-order valence-corrected chi connectivity index (χ0v) is 12.0. The maximum absolute atomic E-state index is 11.9. The molecule has 1 amide bonds. The predicted molar refractivity (Wildman–Crippen MR) is 77.5 cm³/mol. The van der Waals surface area contributed by atoms with Crippen molar-refractivity contribution in [1.29, 1.82) is 0 Å². The molecule has 1 aliphatic rings. The molecule has 0 saturated carbocycles. The average molecular weight is 278 g/mol. The van der Waals surface area contributed by atoms with Gasteiger partial charge in [-0.15, -0.1) is 0 Å². The quantitative estimate of drug-likeness (QED) is 0.804. The number of carbonyl (C=O) groups is 1. The molecule has 0 spiro atoms. The molecule has 1 aromatic carbocycles. The maximum atomic E-state index is 11.9.